The van der Waals surface area contributed by atoms with Crippen LogP contribution in [0.4, 0.5) is 0 Å². The Kier molecular flexibility index (Phi) is 3.92. The van der Waals surface area contributed by atoms with E-state index in [1.54, 1.807) is 0 Å². The third-order valence-corrected chi connectivity index (χ3v) is 6.22. The Morgan fingerprint density at radius 2 is 1.87 bits per heavy atom. The van der Waals surface area contributed by atoms with Gasteiger partial charge in [0.05, 0.1) is 0 Å². The highest BCUT2D eigenvalue weighted by atomic mass is 16.2. The molecule has 1 spiro atoms. The van der Waals surface area contributed by atoms with Crippen molar-refractivity contribution in [2.45, 2.75) is 45.1 Å². The summed E-state index contributed by atoms with van der Waals surface area (Å²) in [6.07, 6.45) is 7.01. The summed E-state index contributed by atoms with van der Waals surface area (Å²) in [6, 6.07) is 8.77. The number of nitrogens with zero attached hydrogens (tertiary/aromatic N) is 2. The maximum absolute atomic E-state index is 13.1. The molecule has 2 fully saturated rings. The minimum atomic E-state index is 0.260. The second kappa shape index (κ2) is 5.94. The first-order valence-electron chi connectivity index (χ1n) is 9.19. The first kappa shape index (κ1) is 15.2. The Hall–Kier alpha value is -1.35. The van der Waals surface area contributed by atoms with Gasteiger partial charge in [-0.05, 0) is 50.4 Å². The molecule has 2 heterocycles. The summed E-state index contributed by atoms with van der Waals surface area (Å²) < 4.78 is 0. The summed E-state index contributed by atoms with van der Waals surface area (Å²) in [4.78, 5) is 17.7. The van der Waals surface area contributed by atoms with Crippen molar-refractivity contribution in [2.75, 3.05) is 26.7 Å². The molecule has 124 valence electrons. The summed E-state index contributed by atoms with van der Waals surface area (Å²) in [5.41, 5.74) is 3.09. The van der Waals surface area contributed by atoms with Crippen molar-refractivity contribution in [3.63, 3.8) is 0 Å². The number of hydrogen-bond donors (Lipinski definition) is 0. The zero-order chi connectivity index (χ0) is 15.9. The van der Waals surface area contributed by atoms with E-state index in [1.165, 1.54) is 30.4 Å². The quantitative estimate of drug-likeness (QED) is 0.795. The first-order chi connectivity index (χ1) is 11.2. The van der Waals surface area contributed by atoms with E-state index in [2.05, 4.69) is 41.1 Å². The summed E-state index contributed by atoms with van der Waals surface area (Å²) >= 11 is 0. The standard InChI is InChI=1S/C20H28N2O/c1-21-11-10-20(14-21)12-17-8-4-5-9-18(17)13-22(15-20)19(23)16-6-2-3-7-16/h4-5,8-9,16H,2-3,6-7,10-15H2,1H3. The highest BCUT2D eigenvalue weighted by Gasteiger charge is 2.42. The fourth-order valence-corrected chi connectivity index (χ4v) is 5.03. The predicted octanol–water partition coefficient (Wildman–Crippen LogP) is 3.08. The van der Waals surface area contributed by atoms with E-state index >= 15 is 0 Å². The average Bonchev–Trinajstić information content (AvgIpc) is 3.15. The van der Waals surface area contributed by atoms with Crippen LogP contribution in [0.2, 0.25) is 0 Å². The van der Waals surface area contributed by atoms with Gasteiger partial charge in [0.15, 0.2) is 0 Å². The molecule has 1 unspecified atom stereocenters. The molecule has 1 atom stereocenters. The Morgan fingerprint density at radius 3 is 2.57 bits per heavy atom. The van der Waals surface area contributed by atoms with Crippen LogP contribution in [-0.2, 0) is 17.8 Å². The van der Waals surface area contributed by atoms with E-state index in [-0.39, 0.29) is 11.3 Å². The minimum Gasteiger partial charge on any atom is -0.338 e. The molecule has 1 aromatic carbocycles. The topological polar surface area (TPSA) is 23.6 Å². The van der Waals surface area contributed by atoms with Crippen LogP contribution in [0, 0.1) is 11.3 Å². The predicted molar refractivity (Wildman–Crippen MR) is 92.1 cm³/mol. The number of amides is 1. The van der Waals surface area contributed by atoms with Crippen LogP contribution >= 0.6 is 0 Å². The van der Waals surface area contributed by atoms with Gasteiger partial charge in [0, 0.05) is 31.0 Å². The third-order valence-electron chi connectivity index (χ3n) is 6.22. The van der Waals surface area contributed by atoms with E-state index in [0.717, 1.165) is 45.4 Å². The highest BCUT2D eigenvalue weighted by molar-refractivity contribution is 5.79. The van der Waals surface area contributed by atoms with E-state index in [0.29, 0.717) is 5.91 Å². The molecule has 1 amide bonds. The second-order valence-corrected chi connectivity index (χ2v) is 8.11. The number of benzene rings is 1. The normalized spacial score (nSPS) is 29.0. The van der Waals surface area contributed by atoms with Gasteiger partial charge in [0.1, 0.15) is 0 Å². The summed E-state index contributed by atoms with van der Waals surface area (Å²) in [5, 5.41) is 0. The van der Waals surface area contributed by atoms with Crippen molar-refractivity contribution >= 4 is 5.91 Å². The van der Waals surface area contributed by atoms with Crippen molar-refractivity contribution in [1.29, 1.82) is 0 Å². The number of carbonyl (C=O) groups is 1. The van der Waals surface area contributed by atoms with Crippen LogP contribution in [0.5, 0.6) is 0 Å². The maximum Gasteiger partial charge on any atom is 0.225 e. The van der Waals surface area contributed by atoms with Gasteiger partial charge in [-0.2, -0.15) is 0 Å². The molecule has 0 bridgehead atoms. The summed E-state index contributed by atoms with van der Waals surface area (Å²) in [5.74, 6) is 0.713. The van der Waals surface area contributed by atoms with Crippen molar-refractivity contribution in [3.05, 3.63) is 35.4 Å². The Bertz CT molecular complexity index is 593. The Labute approximate surface area is 139 Å². The van der Waals surface area contributed by atoms with Crippen molar-refractivity contribution in [3.8, 4) is 0 Å². The van der Waals surface area contributed by atoms with Gasteiger partial charge in [-0.3, -0.25) is 4.79 Å². The lowest BCUT2D eigenvalue weighted by Gasteiger charge is -2.34. The molecule has 2 aliphatic heterocycles. The zero-order valence-corrected chi connectivity index (χ0v) is 14.3. The van der Waals surface area contributed by atoms with Crippen LogP contribution in [-0.4, -0.2) is 42.4 Å². The van der Waals surface area contributed by atoms with Gasteiger partial charge < -0.3 is 9.80 Å². The van der Waals surface area contributed by atoms with Crippen LogP contribution in [0.1, 0.15) is 43.2 Å². The smallest absolute Gasteiger partial charge is 0.225 e. The van der Waals surface area contributed by atoms with Gasteiger partial charge in [-0.1, -0.05) is 37.1 Å². The Balaban J connectivity index is 1.65. The van der Waals surface area contributed by atoms with Crippen LogP contribution in [0.25, 0.3) is 0 Å². The molecule has 4 rings (SSSR count). The summed E-state index contributed by atoms with van der Waals surface area (Å²) in [6.45, 7) is 4.04. The van der Waals surface area contributed by atoms with Crippen LogP contribution in [0.15, 0.2) is 24.3 Å². The van der Waals surface area contributed by atoms with Crippen LogP contribution in [0.3, 0.4) is 0 Å². The first-order valence-corrected chi connectivity index (χ1v) is 9.19. The number of fused-ring (bicyclic) bond motifs is 1. The largest absolute Gasteiger partial charge is 0.338 e. The molecule has 3 heteroatoms. The van der Waals surface area contributed by atoms with Crippen molar-refractivity contribution in [1.82, 2.24) is 9.80 Å². The average molecular weight is 312 g/mol. The lowest BCUT2D eigenvalue weighted by molar-refractivity contribution is -0.137. The van der Waals surface area contributed by atoms with E-state index in [1.807, 2.05) is 0 Å². The maximum atomic E-state index is 13.1. The van der Waals surface area contributed by atoms with E-state index < -0.39 is 0 Å². The number of hydrogen-bond acceptors (Lipinski definition) is 2. The Morgan fingerprint density at radius 1 is 1.13 bits per heavy atom. The SMILES string of the molecule is CN1CCC2(Cc3ccccc3CN(C(=O)C3CCCC3)C2)C1. The molecular formula is C20H28N2O. The minimum absolute atomic E-state index is 0.260. The molecule has 1 aliphatic carbocycles. The van der Waals surface area contributed by atoms with Crippen molar-refractivity contribution < 1.29 is 4.79 Å². The molecule has 1 saturated heterocycles. The molecule has 0 aromatic heterocycles. The number of rotatable bonds is 1. The molecular weight excluding hydrogens is 284 g/mol. The number of carbonyl (C=O) groups excluding carboxylic acids is 1. The van der Waals surface area contributed by atoms with Crippen molar-refractivity contribution in [2.24, 2.45) is 11.3 Å². The fraction of sp³-hybridized carbons (Fsp3) is 0.650. The molecule has 0 N–H and O–H groups in total. The molecule has 3 aliphatic rings. The van der Waals surface area contributed by atoms with Gasteiger partial charge in [0.25, 0.3) is 0 Å². The monoisotopic (exact) mass is 312 g/mol. The third kappa shape index (κ3) is 2.91. The van der Waals surface area contributed by atoms with Gasteiger partial charge in [0.2, 0.25) is 5.91 Å². The van der Waals surface area contributed by atoms with E-state index in [4.69, 9.17) is 0 Å². The second-order valence-electron chi connectivity index (χ2n) is 8.11. The van der Waals surface area contributed by atoms with Gasteiger partial charge in [-0.25, -0.2) is 0 Å². The molecule has 1 aromatic rings. The molecule has 3 nitrogen and oxygen atoms in total. The molecule has 23 heavy (non-hydrogen) atoms. The fourth-order valence-electron chi connectivity index (χ4n) is 5.03. The molecule has 0 radical (unpaired) electrons. The summed E-state index contributed by atoms with van der Waals surface area (Å²) in [7, 11) is 2.22. The lowest BCUT2D eigenvalue weighted by Crippen LogP contribution is -2.43. The zero-order valence-electron chi connectivity index (χ0n) is 14.3. The highest BCUT2D eigenvalue weighted by Crippen LogP contribution is 2.39. The lowest BCUT2D eigenvalue weighted by atomic mass is 9.80. The van der Waals surface area contributed by atoms with Crippen LogP contribution < -0.4 is 0 Å². The van der Waals surface area contributed by atoms with E-state index in [9.17, 15) is 4.79 Å². The molecule has 1 saturated carbocycles. The number of likely N-dealkylation sites (tertiary alicyclic amines) is 1. The van der Waals surface area contributed by atoms with Gasteiger partial charge >= 0.3 is 0 Å². The van der Waals surface area contributed by atoms with Gasteiger partial charge in [-0.15, -0.1) is 0 Å².